The minimum absolute atomic E-state index is 0.0509. The molecule has 6 aliphatic rings. The average Bonchev–Trinajstić information content (AvgIpc) is 1.57. The number of epoxide rings is 2. The van der Waals surface area contributed by atoms with Gasteiger partial charge in [0.15, 0.2) is 0 Å². The maximum absolute atomic E-state index is 14.2. The van der Waals surface area contributed by atoms with Crippen LogP contribution in [0.2, 0.25) is 10.0 Å². The van der Waals surface area contributed by atoms with Crippen LogP contribution in [0.5, 0.6) is 0 Å². The van der Waals surface area contributed by atoms with E-state index in [1.165, 1.54) is 45.5 Å². The van der Waals surface area contributed by atoms with Gasteiger partial charge in [0, 0.05) is 83.9 Å². The van der Waals surface area contributed by atoms with Gasteiger partial charge < -0.3 is 68.5 Å². The molecule has 25 nitrogen and oxygen atoms in total. The summed E-state index contributed by atoms with van der Waals surface area (Å²) in [5.41, 5.74) is 0.899. The van der Waals surface area contributed by atoms with Crippen molar-refractivity contribution >= 4 is 110 Å². The Labute approximate surface area is 635 Å². The average molecular weight is 1540 g/mol. The van der Waals surface area contributed by atoms with Crippen LogP contribution in [-0.2, 0) is 74.8 Å². The van der Waals surface area contributed by atoms with Crippen LogP contribution < -0.4 is 25.8 Å². The third-order valence-electron chi connectivity index (χ3n) is 21.9. The molecule has 4 saturated heterocycles. The van der Waals surface area contributed by atoms with E-state index < -0.39 is 143 Å². The molecule has 0 radical (unpaired) electrons. The standard InChI is InChI=1S/C40H57ClN4O9S2.C36H51ClN4O8/c1-22-13-12-14-24(3)40(51)21-30(52-38(50)42-40)25(4)35-39(7,54-35)31(20-33(47)45(10)29-19-28(17-22)18-23(2)34(29)41)53-37(49)27(6)44(9)36(48)26(5)43(8)32(46)15-16-56-55-11;1-19-12-11-13-21(3)36(46)18-27(47-34(45)39-36)22(4)31-35(7,49-31)28(48-33(44)24(6)40(9)32(43)23(5)38-8)17-29(42)41(10)26-16-25(14-19)15-20(2)30(26)37/h12-14,18-19,24-27,30-31,35,51H,15-17,20-21H2,1-11H3,(H,42,50);11-13,15-16,21-24,27-28,31,38,46H,14,17-18H2,1-10H3,(H,39,45)/b14-12+,22-13+;13-11+,19-12+/t24?,25?,26?,27-,30?,31?,35?,39?,40?;/m0./s1. The van der Waals surface area contributed by atoms with Gasteiger partial charge in [0.05, 0.1) is 52.5 Å². The normalized spacial score (nSPS) is 32.0. The van der Waals surface area contributed by atoms with E-state index in [0.717, 1.165) is 33.4 Å². The van der Waals surface area contributed by atoms with Crippen LogP contribution in [0.3, 0.4) is 0 Å². The minimum atomic E-state index is -1.62. The quantitative estimate of drug-likeness (QED) is 0.0386. The number of aryl methyl sites for hydroxylation is 2. The first-order valence-electron chi connectivity index (χ1n) is 35.6. The highest BCUT2D eigenvalue weighted by Crippen LogP contribution is 2.51. The highest BCUT2D eigenvalue weighted by molar-refractivity contribution is 8.76. The molecule has 0 saturated carbocycles. The smallest absolute Gasteiger partial charge is 0.409 e. The summed E-state index contributed by atoms with van der Waals surface area (Å²) < 4.78 is 36.1. The van der Waals surface area contributed by atoms with Crippen molar-refractivity contribution in [2.45, 2.75) is 225 Å². The van der Waals surface area contributed by atoms with E-state index in [1.807, 2.05) is 122 Å². The number of carbonyl (C=O) groups excluding carboxylic acids is 9. The zero-order valence-electron chi connectivity index (χ0n) is 64.3. The van der Waals surface area contributed by atoms with Crippen LogP contribution in [0, 0.1) is 37.5 Å². The first-order valence-corrected chi connectivity index (χ1v) is 39.1. The number of benzene rings is 2. The van der Waals surface area contributed by atoms with Crippen LogP contribution in [0.25, 0.3) is 0 Å². The molecule has 29 heteroatoms. The van der Waals surface area contributed by atoms with Crippen LogP contribution >= 0.6 is 44.8 Å². The fourth-order valence-corrected chi connectivity index (χ4v) is 15.4. The Hall–Kier alpha value is -6.69. The summed E-state index contributed by atoms with van der Waals surface area (Å²) in [5.74, 6) is -4.52. The van der Waals surface area contributed by atoms with Crippen molar-refractivity contribution in [2.24, 2.45) is 23.7 Å². The van der Waals surface area contributed by atoms with Gasteiger partial charge in [-0.2, -0.15) is 0 Å². The molecule has 0 aromatic heterocycles. The Balaban J connectivity index is 0.000000296. The third kappa shape index (κ3) is 20.0. The van der Waals surface area contributed by atoms with E-state index in [-0.39, 0.29) is 49.8 Å². The third-order valence-corrected chi connectivity index (χ3v) is 24.7. The van der Waals surface area contributed by atoms with E-state index >= 15 is 0 Å². The fraction of sp³-hybridized carbons (Fsp3) is 0.618. The second kappa shape index (κ2) is 35.1. The highest BCUT2D eigenvalue weighted by atomic mass is 35.5. The number of likely N-dealkylation sites (N-methyl/N-ethyl adjacent to an activating group) is 4. The first kappa shape index (κ1) is 85.6. The number of alkyl carbamates (subject to hydrolysis) is 2. The summed E-state index contributed by atoms with van der Waals surface area (Å²) >= 11 is 13.5. The Bertz CT molecular complexity index is 3750. The molecule has 8 bridgehead atoms. The van der Waals surface area contributed by atoms with E-state index in [1.54, 1.807) is 84.4 Å². The molecule has 580 valence electrons. The van der Waals surface area contributed by atoms with Gasteiger partial charge in [-0.15, -0.1) is 0 Å². The molecular weight excluding hydrogens is 1430 g/mol. The number of amides is 7. The van der Waals surface area contributed by atoms with Gasteiger partial charge in [0.25, 0.3) is 0 Å². The van der Waals surface area contributed by atoms with E-state index in [4.69, 9.17) is 51.6 Å². The lowest BCUT2D eigenvalue weighted by molar-refractivity contribution is -0.163. The van der Waals surface area contributed by atoms with E-state index in [9.17, 15) is 53.4 Å². The molecule has 5 N–H and O–H groups in total. The molecule has 2 aromatic carbocycles. The number of anilines is 2. The van der Waals surface area contributed by atoms with Gasteiger partial charge in [0.2, 0.25) is 29.5 Å². The summed E-state index contributed by atoms with van der Waals surface area (Å²) in [7, 11) is 12.5. The van der Waals surface area contributed by atoms with Crippen LogP contribution in [-0.4, -0.2) is 216 Å². The number of allylic oxidation sites excluding steroid dienone is 6. The van der Waals surface area contributed by atoms with Gasteiger partial charge in [-0.1, -0.05) is 132 Å². The molecule has 17 unspecified atom stereocenters. The Kier molecular flexibility index (Phi) is 28.6. The molecule has 7 amide bonds. The number of hydrogen-bond donors (Lipinski definition) is 5. The maximum atomic E-state index is 14.2. The number of ether oxygens (including phenoxy) is 6. The number of nitrogens with one attached hydrogen (secondary N) is 3. The SMILES string of the molecule is CNC(C)C(=O)N(C)C(C)C(=O)OC1CC(=O)N(C)c2cc(cc(C)c2Cl)C/C(C)=C/C=C/C(C)C2(O)CC(OC(=O)N2)C(C)C2OC12C.CSSCCC(=O)N(C)C(C)C(=O)N(C)[C@@H](C)C(=O)OC1CC(=O)N(C)c2cc(cc(C)c2Cl)C/C(C)=C/C=C/C(C)C2(O)CC(OC(=O)N2)C(C)C2OC12C. The highest BCUT2D eigenvalue weighted by Gasteiger charge is 2.66. The number of halogens is 2. The number of fused-ring (bicyclic) bond motifs is 10. The van der Waals surface area contributed by atoms with Crippen molar-refractivity contribution in [3.05, 3.63) is 104 Å². The Morgan fingerprint density at radius 3 is 1.42 bits per heavy atom. The summed E-state index contributed by atoms with van der Waals surface area (Å²) in [6, 6.07) is 4.23. The zero-order chi connectivity index (χ0) is 78.4. The number of rotatable bonds is 14. The van der Waals surface area contributed by atoms with E-state index in [0.29, 0.717) is 40.0 Å². The lowest BCUT2D eigenvalue weighted by atomic mass is 9.82. The van der Waals surface area contributed by atoms with Crippen molar-refractivity contribution < 1.29 is 81.8 Å². The second-order valence-electron chi connectivity index (χ2n) is 29.6. The number of hydrogen-bond acceptors (Lipinski definition) is 20. The van der Waals surface area contributed by atoms with Gasteiger partial charge in [0.1, 0.15) is 65.2 Å². The number of nitrogens with zero attached hydrogens (tertiary/aromatic N) is 5. The van der Waals surface area contributed by atoms with E-state index in [2.05, 4.69) is 16.0 Å². The van der Waals surface area contributed by atoms with Crippen LogP contribution in [0.4, 0.5) is 21.0 Å². The van der Waals surface area contributed by atoms with Crippen LogP contribution in [0.1, 0.15) is 137 Å². The van der Waals surface area contributed by atoms with Gasteiger partial charge in [-0.05, 0) is 130 Å². The number of esters is 2. The summed E-state index contributed by atoms with van der Waals surface area (Å²) in [5, 5.41) is 32.2. The largest absolute Gasteiger partial charge is 0.457 e. The van der Waals surface area contributed by atoms with Gasteiger partial charge >= 0.3 is 24.1 Å². The topological polar surface area (TPSA) is 308 Å². The molecule has 6 aliphatic heterocycles. The van der Waals surface area contributed by atoms with Crippen molar-refractivity contribution in [1.29, 1.82) is 0 Å². The Morgan fingerprint density at radius 2 is 1.04 bits per heavy atom. The molecule has 0 aliphatic carbocycles. The summed E-state index contributed by atoms with van der Waals surface area (Å²) in [4.78, 5) is 127. The molecule has 105 heavy (non-hydrogen) atoms. The van der Waals surface area contributed by atoms with Crippen molar-refractivity contribution in [3.8, 4) is 0 Å². The van der Waals surface area contributed by atoms with Crippen molar-refractivity contribution in [1.82, 2.24) is 30.7 Å². The number of aliphatic hydroxyl groups is 2. The monoisotopic (exact) mass is 1540 g/mol. The molecule has 0 spiro atoms. The minimum Gasteiger partial charge on any atom is -0.457 e. The lowest BCUT2D eigenvalue weighted by Gasteiger charge is -2.41. The molecular formula is C76H108Cl2N8O17S2. The molecule has 8 rings (SSSR count). The first-order chi connectivity index (χ1) is 49.0. The molecule has 4 fully saturated rings. The maximum Gasteiger partial charge on any atom is 0.409 e. The summed E-state index contributed by atoms with van der Waals surface area (Å²) in [6.07, 6.45) is 7.62. The molecule has 2 aromatic rings. The Morgan fingerprint density at radius 1 is 0.648 bits per heavy atom. The van der Waals surface area contributed by atoms with Crippen molar-refractivity contribution in [2.75, 3.05) is 64.1 Å². The van der Waals surface area contributed by atoms with Crippen LogP contribution in [0.15, 0.2) is 71.9 Å². The second-order valence-corrected chi connectivity index (χ2v) is 33.1. The van der Waals surface area contributed by atoms with Gasteiger partial charge in [-0.25, -0.2) is 19.2 Å². The van der Waals surface area contributed by atoms with Crippen molar-refractivity contribution in [3.63, 3.8) is 0 Å². The number of carbonyl (C=O) groups is 9. The molecule has 6 heterocycles. The van der Waals surface area contributed by atoms with Gasteiger partial charge in [-0.3, -0.25) is 34.6 Å². The fourth-order valence-electron chi connectivity index (χ4n) is 13.8. The summed E-state index contributed by atoms with van der Waals surface area (Å²) in [6.45, 7) is 24.8. The predicted octanol–water partition coefficient (Wildman–Crippen LogP) is 9.73. The zero-order valence-corrected chi connectivity index (χ0v) is 67.5. The lowest BCUT2D eigenvalue weighted by Crippen LogP contribution is -2.60. The molecule has 18 atom stereocenters. The predicted molar refractivity (Wildman–Crippen MR) is 406 cm³/mol.